The molecule has 3 atom stereocenters. The molecule has 1 saturated heterocycles. The smallest absolute Gasteiger partial charge is 0.191 e. The Balaban J connectivity index is 1.58. The average Bonchev–Trinajstić information content (AvgIpc) is 3.11. The van der Waals surface area contributed by atoms with Gasteiger partial charge in [-0.25, -0.2) is 0 Å². The zero-order valence-electron chi connectivity index (χ0n) is 18.2. The molecule has 0 bridgehead atoms. The molecule has 162 valence electrons. The minimum Gasteiger partial charge on any atom is -0.497 e. The zero-order valence-corrected chi connectivity index (χ0v) is 18.2. The summed E-state index contributed by atoms with van der Waals surface area (Å²) in [6, 6.07) is 18.9. The quantitative estimate of drug-likeness (QED) is 0.461. The maximum atomic E-state index is 10.5. The topological polar surface area (TPSA) is 69.1 Å². The fourth-order valence-corrected chi connectivity index (χ4v) is 3.89. The van der Waals surface area contributed by atoms with Gasteiger partial charge in [0.05, 0.1) is 19.8 Å². The third-order valence-corrected chi connectivity index (χ3v) is 5.52. The highest BCUT2D eigenvalue weighted by molar-refractivity contribution is 5.80. The number of nitrogens with zero attached hydrogens (tertiary/aromatic N) is 2. The van der Waals surface area contributed by atoms with E-state index in [4.69, 9.17) is 4.74 Å². The van der Waals surface area contributed by atoms with E-state index >= 15 is 0 Å². The Morgan fingerprint density at radius 2 is 2.03 bits per heavy atom. The number of hydrogen-bond acceptors (Lipinski definition) is 4. The molecule has 2 aromatic rings. The van der Waals surface area contributed by atoms with Crippen molar-refractivity contribution < 1.29 is 9.84 Å². The van der Waals surface area contributed by atoms with E-state index in [2.05, 4.69) is 64.7 Å². The van der Waals surface area contributed by atoms with E-state index in [0.29, 0.717) is 18.6 Å². The van der Waals surface area contributed by atoms with Crippen LogP contribution < -0.4 is 15.4 Å². The van der Waals surface area contributed by atoms with E-state index in [1.807, 2.05) is 24.3 Å². The maximum absolute atomic E-state index is 10.5. The van der Waals surface area contributed by atoms with Gasteiger partial charge in [0.1, 0.15) is 5.75 Å². The largest absolute Gasteiger partial charge is 0.497 e. The highest BCUT2D eigenvalue weighted by Crippen LogP contribution is 2.21. The fraction of sp³-hybridized carbons (Fsp3) is 0.458. The van der Waals surface area contributed by atoms with Gasteiger partial charge >= 0.3 is 0 Å². The van der Waals surface area contributed by atoms with Crippen LogP contribution in [0.5, 0.6) is 5.75 Å². The van der Waals surface area contributed by atoms with Crippen molar-refractivity contribution in [2.75, 3.05) is 26.7 Å². The summed E-state index contributed by atoms with van der Waals surface area (Å²) in [6.07, 6.45) is 0.392. The van der Waals surface area contributed by atoms with E-state index in [1.165, 1.54) is 5.56 Å². The second-order valence-electron chi connectivity index (χ2n) is 7.85. The number of aliphatic hydroxyl groups excluding tert-OH is 1. The molecule has 6 nitrogen and oxygen atoms in total. The van der Waals surface area contributed by atoms with Gasteiger partial charge in [-0.15, -0.1) is 0 Å². The molecule has 3 unspecified atom stereocenters. The maximum Gasteiger partial charge on any atom is 0.191 e. The van der Waals surface area contributed by atoms with Crippen molar-refractivity contribution in [3.8, 4) is 5.75 Å². The lowest BCUT2D eigenvalue weighted by Gasteiger charge is -2.21. The number of likely N-dealkylation sites (tertiary alicyclic amines) is 1. The van der Waals surface area contributed by atoms with E-state index < -0.39 is 6.10 Å². The van der Waals surface area contributed by atoms with Crippen LogP contribution in [-0.4, -0.2) is 54.8 Å². The number of rotatable bonds is 8. The summed E-state index contributed by atoms with van der Waals surface area (Å²) < 4.78 is 5.24. The Kier molecular flexibility index (Phi) is 8.11. The van der Waals surface area contributed by atoms with Crippen LogP contribution in [0.2, 0.25) is 0 Å². The van der Waals surface area contributed by atoms with Gasteiger partial charge in [-0.3, -0.25) is 9.89 Å². The Labute approximate surface area is 180 Å². The van der Waals surface area contributed by atoms with Crippen LogP contribution in [0.1, 0.15) is 37.5 Å². The molecule has 30 heavy (non-hydrogen) atoms. The van der Waals surface area contributed by atoms with Crippen LogP contribution in [0.4, 0.5) is 0 Å². The van der Waals surface area contributed by atoms with Gasteiger partial charge in [-0.05, 0) is 43.5 Å². The van der Waals surface area contributed by atoms with Gasteiger partial charge < -0.3 is 20.5 Å². The summed E-state index contributed by atoms with van der Waals surface area (Å²) in [5.41, 5.74) is 2.14. The van der Waals surface area contributed by atoms with Crippen molar-refractivity contribution in [3.63, 3.8) is 0 Å². The van der Waals surface area contributed by atoms with Crippen LogP contribution in [0.25, 0.3) is 0 Å². The lowest BCUT2D eigenvalue weighted by molar-refractivity contribution is 0.186. The highest BCUT2D eigenvalue weighted by Gasteiger charge is 2.29. The molecule has 3 rings (SSSR count). The first-order chi connectivity index (χ1) is 14.6. The number of aliphatic imine (C=N–C) groups is 1. The number of nitrogens with one attached hydrogen (secondary N) is 2. The first-order valence-electron chi connectivity index (χ1n) is 10.7. The van der Waals surface area contributed by atoms with Crippen LogP contribution in [0.3, 0.4) is 0 Å². The predicted molar refractivity (Wildman–Crippen MR) is 122 cm³/mol. The van der Waals surface area contributed by atoms with Crippen molar-refractivity contribution in [2.45, 2.75) is 45.0 Å². The Morgan fingerprint density at radius 1 is 1.23 bits per heavy atom. The Hall–Kier alpha value is -2.57. The summed E-state index contributed by atoms with van der Waals surface area (Å²) in [6.45, 7) is 7.33. The summed E-state index contributed by atoms with van der Waals surface area (Å²) in [5.74, 6) is 1.48. The number of guanidine groups is 1. The van der Waals surface area contributed by atoms with Gasteiger partial charge in [0.15, 0.2) is 5.96 Å². The molecular formula is C24H34N4O2. The molecular weight excluding hydrogens is 376 g/mol. The lowest BCUT2D eigenvalue weighted by atomic mass is 10.1. The van der Waals surface area contributed by atoms with Crippen LogP contribution in [0, 0.1) is 0 Å². The molecule has 0 aromatic heterocycles. The van der Waals surface area contributed by atoms with E-state index in [9.17, 15) is 5.11 Å². The number of aliphatic hydroxyl groups is 1. The zero-order chi connectivity index (χ0) is 21.3. The average molecular weight is 411 g/mol. The predicted octanol–water partition coefficient (Wildman–Crippen LogP) is 2.95. The van der Waals surface area contributed by atoms with Crippen molar-refractivity contribution in [1.82, 2.24) is 15.5 Å². The number of ether oxygens (including phenoxy) is 1. The van der Waals surface area contributed by atoms with Gasteiger partial charge in [-0.2, -0.15) is 0 Å². The third-order valence-electron chi connectivity index (χ3n) is 5.52. The fourth-order valence-electron chi connectivity index (χ4n) is 3.89. The monoisotopic (exact) mass is 410 g/mol. The minimum absolute atomic E-state index is 0.290. The van der Waals surface area contributed by atoms with Gasteiger partial charge in [-0.1, -0.05) is 42.5 Å². The molecule has 0 saturated carbocycles. The molecule has 1 aliphatic rings. The molecule has 1 aliphatic heterocycles. The van der Waals surface area contributed by atoms with E-state index in [0.717, 1.165) is 43.3 Å². The Bertz CT molecular complexity index is 812. The number of methoxy groups -OCH3 is 1. The molecule has 3 N–H and O–H groups in total. The first kappa shape index (κ1) is 22.1. The lowest BCUT2D eigenvalue weighted by Crippen LogP contribution is -2.44. The Morgan fingerprint density at radius 3 is 2.77 bits per heavy atom. The molecule has 6 heteroatoms. The van der Waals surface area contributed by atoms with Gasteiger partial charge in [0.25, 0.3) is 0 Å². The van der Waals surface area contributed by atoms with Crippen molar-refractivity contribution in [1.29, 1.82) is 0 Å². The standard InChI is InChI=1S/C24H34N4O2/c1-4-25-24(26-15-23(29)20-11-8-12-22(14-20)30-3)27-21-13-18(2)28(17-21)16-19-9-6-5-7-10-19/h5-12,14,18,21,23,29H,4,13,15-17H2,1-3H3,(H2,25,26,27). The second kappa shape index (κ2) is 11.0. The molecule has 1 heterocycles. The van der Waals surface area contributed by atoms with Crippen molar-refractivity contribution >= 4 is 5.96 Å². The second-order valence-corrected chi connectivity index (χ2v) is 7.85. The van der Waals surface area contributed by atoms with E-state index in [-0.39, 0.29) is 0 Å². The van der Waals surface area contributed by atoms with Crippen molar-refractivity contribution in [3.05, 3.63) is 65.7 Å². The molecule has 2 aromatic carbocycles. The SMILES string of the molecule is CCNC(=NCC(O)c1cccc(OC)c1)NC1CC(C)N(Cc2ccccc2)C1. The van der Waals surface area contributed by atoms with Crippen LogP contribution >= 0.6 is 0 Å². The number of hydrogen-bond donors (Lipinski definition) is 3. The third kappa shape index (κ3) is 6.21. The summed E-state index contributed by atoms with van der Waals surface area (Å²) in [5, 5.41) is 17.4. The molecule has 0 radical (unpaired) electrons. The molecule has 0 spiro atoms. The molecule has 0 aliphatic carbocycles. The number of benzene rings is 2. The minimum atomic E-state index is -0.673. The van der Waals surface area contributed by atoms with Gasteiger partial charge in [0.2, 0.25) is 0 Å². The van der Waals surface area contributed by atoms with Crippen LogP contribution in [0.15, 0.2) is 59.6 Å². The summed E-state index contributed by atoms with van der Waals surface area (Å²) in [4.78, 5) is 7.13. The summed E-state index contributed by atoms with van der Waals surface area (Å²) >= 11 is 0. The first-order valence-corrected chi connectivity index (χ1v) is 10.7. The van der Waals surface area contributed by atoms with Crippen molar-refractivity contribution in [2.24, 2.45) is 4.99 Å². The van der Waals surface area contributed by atoms with Gasteiger partial charge in [0, 0.05) is 31.7 Å². The van der Waals surface area contributed by atoms with Crippen LogP contribution in [-0.2, 0) is 6.54 Å². The van der Waals surface area contributed by atoms with E-state index in [1.54, 1.807) is 7.11 Å². The summed E-state index contributed by atoms with van der Waals surface area (Å²) in [7, 11) is 1.63. The normalized spacial score (nSPS) is 20.7. The molecule has 1 fully saturated rings. The highest BCUT2D eigenvalue weighted by atomic mass is 16.5. The molecule has 0 amide bonds.